The second kappa shape index (κ2) is 6.74. The smallest absolute Gasteiger partial charge is 0.217 e. The summed E-state index contributed by atoms with van der Waals surface area (Å²) in [4.78, 5) is 8.75. The number of nitrogens with zero attached hydrogens (tertiary/aromatic N) is 2. The quantitative estimate of drug-likeness (QED) is 0.702. The Kier molecular flexibility index (Phi) is 4.51. The molecule has 5 heteroatoms. The van der Waals surface area contributed by atoms with Crippen molar-refractivity contribution in [2.45, 2.75) is 20.5 Å². The van der Waals surface area contributed by atoms with Crippen molar-refractivity contribution in [2.75, 3.05) is 0 Å². The monoisotopic (exact) mass is 326 g/mol. The summed E-state index contributed by atoms with van der Waals surface area (Å²) < 4.78 is 32.4. The molecule has 0 aliphatic heterocycles. The first-order valence-electron chi connectivity index (χ1n) is 7.51. The largest absolute Gasteiger partial charge is 0.473 e. The molecule has 0 saturated heterocycles. The molecule has 1 heterocycles. The molecule has 0 aliphatic carbocycles. The van der Waals surface area contributed by atoms with Crippen LogP contribution in [0, 0.1) is 25.5 Å². The van der Waals surface area contributed by atoms with E-state index in [9.17, 15) is 8.78 Å². The Labute approximate surface area is 139 Å². The van der Waals surface area contributed by atoms with Crippen molar-refractivity contribution in [3.63, 3.8) is 0 Å². The van der Waals surface area contributed by atoms with Crippen molar-refractivity contribution in [3.05, 3.63) is 77.0 Å². The van der Waals surface area contributed by atoms with E-state index < -0.39 is 11.6 Å². The van der Waals surface area contributed by atoms with Crippen LogP contribution in [0.3, 0.4) is 0 Å². The molecule has 0 saturated carbocycles. The first kappa shape index (κ1) is 16.1. The van der Waals surface area contributed by atoms with Crippen LogP contribution in [0.15, 0.2) is 48.5 Å². The van der Waals surface area contributed by atoms with Gasteiger partial charge in [-0.25, -0.2) is 13.8 Å². The first-order valence-corrected chi connectivity index (χ1v) is 7.51. The molecule has 0 amide bonds. The molecule has 0 spiro atoms. The Morgan fingerprint density at radius 3 is 2.42 bits per heavy atom. The molecule has 0 atom stereocenters. The number of aryl methyl sites for hydroxylation is 2. The predicted molar refractivity (Wildman–Crippen MR) is 87.6 cm³/mol. The van der Waals surface area contributed by atoms with Gasteiger partial charge in [-0.1, -0.05) is 29.8 Å². The normalized spacial score (nSPS) is 10.7. The van der Waals surface area contributed by atoms with Gasteiger partial charge in [0.2, 0.25) is 5.88 Å². The summed E-state index contributed by atoms with van der Waals surface area (Å²) >= 11 is 0. The highest BCUT2D eigenvalue weighted by atomic mass is 19.1. The van der Waals surface area contributed by atoms with Crippen molar-refractivity contribution in [1.29, 1.82) is 0 Å². The maximum Gasteiger partial charge on any atom is 0.217 e. The van der Waals surface area contributed by atoms with Gasteiger partial charge in [0.1, 0.15) is 18.2 Å². The molecule has 3 rings (SSSR count). The fourth-order valence-electron chi connectivity index (χ4n) is 2.25. The number of benzene rings is 2. The SMILES string of the molecule is Cc1ccc(-c2nc(C)cc(OCc3cc(F)ccc3F)n2)cc1. The average molecular weight is 326 g/mol. The number of hydrogen-bond donors (Lipinski definition) is 0. The van der Waals surface area contributed by atoms with Gasteiger partial charge in [0.15, 0.2) is 5.82 Å². The van der Waals surface area contributed by atoms with Crippen LogP contribution in [0.1, 0.15) is 16.8 Å². The second-order valence-corrected chi connectivity index (χ2v) is 5.56. The van der Waals surface area contributed by atoms with Crippen molar-refractivity contribution >= 4 is 0 Å². The topological polar surface area (TPSA) is 35.0 Å². The minimum atomic E-state index is -0.513. The Morgan fingerprint density at radius 2 is 1.67 bits per heavy atom. The van der Waals surface area contributed by atoms with E-state index in [0.29, 0.717) is 11.7 Å². The molecular weight excluding hydrogens is 310 g/mol. The van der Waals surface area contributed by atoms with Gasteiger partial charge in [-0.05, 0) is 32.0 Å². The Bertz CT molecular complexity index is 864. The average Bonchev–Trinajstić information content (AvgIpc) is 2.56. The van der Waals surface area contributed by atoms with Crippen molar-refractivity contribution in [3.8, 4) is 17.3 Å². The van der Waals surface area contributed by atoms with Gasteiger partial charge in [0.05, 0.1) is 0 Å². The van der Waals surface area contributed by atoms with Gasteiger partial charge in [-0.2, -0.15) is 4.98 Å². The molecule has 0 bridgehead atoms. The molecule has 3 nitrogen and oxygen atoms in total. The lowest BCUT2D eigenvalue weighted by molar-refractivity contribution is 0.287. The molecule has 1 aromatic heterocycles. The van der Waals surface area contributed by atoms with Gasteiger partial charge in [-0.15, -0.1) is 0 Å². The maximum absolute atomic E-state index is 13.7. The third-order valence-electron chi connectivity index (χ3n) is 3.52. The zero-order valence-electron chi connectivity index (χ0n) is 13.4. The summed E-state index contributed by atoms with van der Waals surface area (Å²) in [5, 5.41) is 0. The summed E-state index contributed by atoms with van der Waals surface area (Å²) in [6, 6.07) is 12.7. The van der Waals surface area contributed by atoms with E-state index in [2.05, 4.69) is 9.97 Å². The molecule has 3 aromatic rings. The zero-order chi connectivity index (χ0) is 17.1. The number of hydrogen-bond acceptors (Lipinski definition) is 3. The van der Waals surface area contributed by atoms with Gasteiger partial charge >= 0.3 is 0 Å². The van der Waals surface area contributed by atoms with E-state index in [-0.39, 0.29) is 12.2 Å². The van der Waals surface area contributed by atoms with E-state index in [0.717, 1.165) is 35.0 Å². The van der Waals surface area contributed by atoms with Crippen LogP contribution in [0.25, 0.3) is 11.4 Å². The third-order valence-corrected chi connectivity index (χ3v) is 3.52. The fraction of sp³-hybridized carbons (Fsp3) is 0.158. The van der Waals surface area contributed by atoms with Crippen LogP contribution >= 0.6 is 0 Å². The Balaban J connectivity index is 1.83. The standard InChI is InChI=1S/C19H16F2N2O/c1-12-3-5-14(6-4-12)19-22-13(2)9-18(23-19)24-11-15-10-16(20)7-8-17(15)21/h3-10H,11H2,1-2H3. The van der Waals surface area contributed by atoms with Gasteiger partial charge in [-0.3, -0.25) is 0 Å². The van der Waals surface area contributed by atoms with E-state index in [1.165, 1.54) is 0 Å². The third kappa shape index (κ3) is 3.74. The summed E-state index contributed by atoms with van der Waals surface area (Å²) in [5.41, 5.74) is 2.88. The predicted octanol–water partition coefficient (Wildman–Crippen LogP) is 4.62. The highest BCUT2D eigenvalue weighted by Gasteiger charge is 2.09. The molecule has 0 unspecified atom stereocenters. The van der Waals surface area contributed by atoms with Gasteiger partial charge in [0, 0.05) is 22.9 Å². The molecular formula is C19H16F2N2O. The Morgan fingerprint density at radius 1 is 0.917 bits per heavy atom. The molecule has 2 aromatic carbocycles. The van der Waals surface area contributed by atoms with Crippen LogP contribution in [0.2, 0.25) is 0 Å². The number of ether oxygens (including phenoxy) is 1. The summed E-state index contributed by atoms with van der Waals surface area (Å²) in [6.45, 7) is 3.73. The van der Waals surface area contributed by atoms with Crippen LogP contribution in [0.4, 0.5) is 8.78 Å². The molecule has 24 heavy (non-hydrogen) atoms. The summed E-state index contributed by atoms with van der Waals surface area (Å²) in [5.74, 6) is -0.165. The summed E-state index contributed by atoms with van der Waals surface area (Å²) in [7, 11) is 0. The zero-order valence-corrected chi connectivity index (χ0v) is 13.4. The van der Waals surface area contributed by atoms with Crippen molar-refractivity contribution in [1.82, 2.24) is 9.97 Å². The molecule has 0 fully saturated rings. The Hall–Kier alpha value is -2.82. The van der Waals surface area contributed by atoms with E-state index in [4.69, 9.17) is 4.74 Å². The fourth-order valence-corrected chi connectivity index (χ4v) is 2.25. The minimum Gasteiger partial charge on any atom is -0.473 e. The lowest BCUT2D eigenvalue weighted by Crippen LogP contribution is -2.02. The maximum atomic E-state index is 13.7. The number of rotatable bonds is 4. The van der Waals surface area contributed by atoms with Gasteiger partial charge < -0.3 is 4.74 Å². The van der Waals surface area contributed by atoms with Crippen LogP contribution in [0.5, 0.6) is 5.88 Å². The van der Waals surface area contributed by atoms with Crippen molar-refractivity contribution in [2.24, 2.45) is 0 Å². The lowest BCUT2D eigenvalue weighted by atomic mass is 10.1. The van der Waals surface area contributed by atoms with E-state index >= 15 is 0 Å². The van der Waals surface area contributed by atoms with Crippen LogP contribution in [-0.2, 0) is 6.61 Å². The van der Waals surface area contributed by atoms with Gasteiger partial charge in [0.25, 0.3) is 0 Å². The highest BCUT2D eigenvalue weighted by molar-refractivity contribution is 5.56. The number of halogens is 2. The van der Waals surface area contributed by atoms with Crippen LogP contribution in [-0.4, -0.2) is 9.97 Å². The minimum absolute atomic E-state index is 0.104. The highest BCUT2D eigenvalue weighted by Crippen LogP contribution is 2.20. The van der Waals surface area contributed by atoms with Crippen molar-refractivity contribution < 1.29 is 13.5 Å². The van der Waals surface area contributed by atoms with Crippen LogP contribution < -0.4 is 4.74 Å². The molecule has 122 valence electrons. The van der Waals surface area contributed by atoms with E-state index in [1.54, 1.807) is 6.07 Å². The molecule has 0 radical (unpaired) electrons. The van der Waals surface area contributed by atoms with E-state index in [1.807, 2.05) is 38.1 Å². The summed E-state index contributed by atoms with van der Waals surface area (Å²) in [6.07, 6.45) is 0. The number of aromatic nitrogens is 2. The second-order valence-electron chi connectivity index (χ2n) is 5.56. The molecule has 0 N–H and O–H groups in total. The molecule has 0 aliphatic rings. The lowest BCUT2D eigenvalue weighted by Gasteiger charge is -2.09. The first-order chi connectivity index (χ1) is 11.5.